The first-order valence-corrected chi connectivity index (χ1v) is 5.66. The van der Waals surface area contributed by atoms with Crippen LogP contribution < -0.4 is 5.32 Å². The molecular formula is C11H14N4O4. The predicted octanol–water partition coefficient (Wildman–Crippen LogP) is 0.672. The molecule has 0 aromatic carbocycles. The zero-order valence-corrected chi connectivity index (χ0v) is 10.2. The molecule has 102 valence electrons. The van der Waals surface area contributed by atoms with E-state index in [9.17, 15) is 10.1 Å². The molecule has 0 amide bonds. The minimum Gasteiger partial charge on any atom is -0.394 e. The number of aromatic nitrogens is 1. The SMILES string of the molecule is N#Cc1ccnc(NCCCOCCO)c1[N+](=O)[O-]. The van der Waals surface area contributed by atoms with Crippen LogP contribution in [0.2, 0.25) is 0 Å². The summed E-state index contributed by atoms with van der Waals surface area (Å²) in [6.07, 6.45) is 1.95. The minimum absolute atomic E-state index is 0.0287. The molecular weight excluding hydrogens is 252 g/mol. The number of nitrogens with zero attached hydrogens (tertiary/aromatic N) is 3. The summed E-state index contributed by atoms with van der Waals surface area (Å²) in [5.41, 5.74) is -0.347. The van der Waals surface area contributed by atoms with Crippen molar-refractivity contribution in [2.75, 3.05) is 31.7 Å². The van der Waals surface area contributed by atoms with Crippen molar-refractivity contribution in [1.82, 2.24) is 4.98 Å². The minimum atomic E-state index is -0.629. The lowest BCUT2D eigenvalue weighted by atomic mass is 10.2. The number of aliphatic hydroxyl groups excluding tert-OH is 1. The Hall–Kier alpha value is -2.24. The Morgan fingerprint density at radius 2 is 2.37 bits per heavy atom. The van der Waals surface area contributed by atoms with Crippen molar-refractivity contribution in [3.05, 3.63) is 27.9 Å². The van der Waals surface area contributed by atoms with Gasteiger partial charge in [-0.25, -0.2) is 4.98 Å². The molecule has 0 aliphatic carbocycles. The average molecular weight is 266 g/mol. The molecule has 8 nitrogen and oxygen atoms in total. The zero-order chi connectivity index (χ0) is 14.1. The standard InChI is InChI=1S/C11H14N4O4/c12-8-9-2-4-14-11(10(9)15(17)18)13-3-1-6-19-7-5-16/h2,4,16H,1,3,5-7H2,(H,13,14). The molecule has 0 aliphatic rings. The number of anilines is 1. The van der Waals surface area contributed by atoms with Crippen LogP contribution in [0.1, 0.15) is 12.0 Å². The fraction of sp³-hybridized carbons (Fsp3) is 0.455. The van der Waals surface area contributed by atoms with E-state index in [1.54, 1.807) is 6.07 Å². The molecule has 0 atom stereocenters. The molecule has 0 radical (unpaired) electrons. The van der Waals surface area contributed by atoms with Crippen LogP contribution in [0.15, 0.2) is 12.3 Å². The molecule has 1 aromatic heterocycles. The number of pyridine rings is 1. The van der Waals surface area contributed by atoms with Crippen LogP contribution in [-0.4, -0.2) is 41.4 Å². The first kappa shape index (κ1) is 14.8. The van der Waals surface area contributed by atoms with Crippen molar-refractivity contribution >= 4 is 11.5 Å². The smallest absolute Gasteiger partial charge is 0.328 e. The molecule has 0 aliphatic heterocycles. The Bertz CT molecular complexity index is 472. The highest BCUT2D eigenvalue weighted by atomic mass is 16.6. The lowest BCUT2D eigenvalue weighted by molar-refractivity contribution is -0.384. The van der Waals surface area contributed by atoms with E-state index in [1.807, 2.05) is 0 Å². The van der Waals surface area contributed by atoms with Crippen LogP contribution in [0.25, 0.3) is 0 Å². The topological polar surface area (TPSA) is 121 Å². The Balaban J connectivity index is 2.59. The summed E-state index contributed by atoms with van der Waals surface area (Å²) >= 11 is 0. The van der Waals surface area contributed by atoms with E-state index in [4.69, 9.17) is 15.1 Å². The van der Waals surface area contributed by atoms with E-state index in [0.29, 0.717) is 19.6 Å². The maximum absolute atomic E-state index is 10.9. The summed E-state index contributed by atoms with van der Waals surface area (Å²) < 4.78 is 5.05. The molecule has 0 unspecified atom stereocenters. The number of nitrogens with one attached hydrogen (secondary N) is 1. The molecule has 0 fully saturated rings. The number of nitriles is 1. The van der Waals surface area contributed by atoms with E-state index in [-0.39, 0.29) is 30.3 Å². The Morgan fingerprint density at radius 3 is 3.00 bits per heavy atom. The third kappa shape index (κ3) is 4.50. The summed E-state index contributed by atoms with van der Waals surface area (Å²) in [7, 11) is 0. The van der Waals surface area contributed by atoms with Crippen LogP contribution in [0.4, 0.5) is 11.5 Å². The Morgan fingerprint density at radius 1 is 1.58 bits per heavy atom. The zero-order valence-electron chi connectivity index (χ0n) is 10.2. The Labute approximate surface area is 109 Å². The van der Waals surface area contributed by atoms with Gasteiger partial charge in [-0.1, -0.05) is 0 Å². The second-order valence-corrected chi connectivity index (χ2v) is 3.54. The second kappa shape index (κ2) is 7.97. The summed E-state index contributed by atoms with van der Waals surface area (Å²) in [5, 5.41) is 31.0. The highest BCUT2D eigenvalue weighted by molar-refractivity contribution is 5.63. The van der Waals surface area contributed by atoms with E-state index in [0.717, 1.165) is 0 Å². The largest absolute Gasteiger partial charge is 0.394 e. The van der Waals surface area contributed by atoms with E-state index in [1.165, 1.54) is 12.3 Å². The fourth-order valence-corrected chi connectivity index (χ4v) is 1.41. The van der Waals surface area contributed by atoms with Gasteiger partial charge in [0.2, 0.25) is 5.82 Å². The molecule has 1 rings (SSSR count). The van der Waals surface area contributed by atoms with E-state index < -0.39 is 4.92 Å². The summed E-state index contributed by atoms with van der Waals surface area (Å²) in [6, 6.07) is 3.06. The van der Waals surface area contributed by atoms with Gasteiger partial charge in [0, 0.05) is 19.3 Å². The number of ether oxygens (including phenoxy) is 1. The molecule has 1 aromatic rings. The van der Waals surface area contributed by atoms with Gasteiger partial charge in [-0.3, -0.25) is 10.1 Å². The number of rotatable bonds is 8. The van der Waals surface area contributed by atoms with Crippen molar-refractivity contribution in [3.63, 3.8) is 0 Å². The van der Waals surface area contributed by atoms with Crippen molar-refractivity contribution in [3.8, 4) is 6.07 Å². The molecule has 8 heteroatoms. The Kier molecular flexibility index (Phi) is 6.21. The van der Waals surface area contributed by atoms with Gasteiger partial charge in [-0.15, -0.1) is 0 Å². The number of hydrogen-bond donors (Lipinski definition) is 2. The molecule has 19 heavy (non-hydrogen) atoms. The quantitative estimate of drug-likeness (QED) is 0.403. The summed E-state index contributed by atoms with van der Waals surface area (Å²) in [4.78, 5) is 14.1. The number of nitro groups is 1. The summed E-state index contributed by atoms with van der Waals surface area (Å²) in [5.74, 6) is 0.0752. The molecule has 2 N–H and O–H groups in total. The number of aliphatic hydroxyl groups is 1. The van der Waals surface area contributed by atoms with Gasteiger partial charge < -0.3 is 15.2 Å². The van der Waals surface area contributed by atoms with Gasteiger partial charge in [-0.2, -0.15) is 5.26 Å². The average Bonchev–Trinajstić information content (AvgIpc) is 2.42. The molecule has 0 spiro atoms. The van der Waals surface area contributed by atoms with Gasteiger partial charge in [0.1, 0.15) is 11.6 Å². The first-order valence-electron chi connectivity index (χ1n) is 5.66. The lowest BCUT2D eigenvalue weighted by Crippen LogP contribution is -2.10. The molecule has 0 saturated carbocycles. The molecule has 1 heterocycles. The van der Waals surface area contributed by atoms with Crippen LogP contribution in [-0.2, 0) is 4.74 Å². The van der Waals surface area contributed by atoms with Crippen molar-refractivity contribution in [2.45, 2.75) is 6.42 Å². The van der Waals surface area contributed by atoms with Crippen molar-refractivity contribution in [2.24, 2.45) is 0 Å². The van der Waals surface area contributed by atoms with Crippen molar-refractivity contribution < 1.29 is 14.8 Å². The highest BCUT2D eigenvalue weighted by Crippen LogP contribution is 2.25. The first-order chi connectivity index (χ1) is 9.20. The summed E-state index contributed by atoms with van der Waals surface area (Å²) in [6.45, 7) is 1.08. The van der Waals surface area contributed by atoms with Crippen LogP contribution in [0, 0.1) is 21.4 Å². The number of hydrogen-bond acceptors (Lipinski definition) is 7. The normalized spacial score (nSPS) is 9.89. The predicted molar refractivity (Wildman–Crippen MR) is 66.6 cm³/mol. The third-order valence-corrected chi connectivity index (χ3v) is 2.22. The maximum atomic E-state index is 10.9. The van der Waals surface area contributed by atoms with Crippen LogP contribution in [0.3, 0.4) is 0 Å². The molecule has 0 bridgehead atoms. The lowest BCUT2D eigenvalue weighted by Gasteiger charge is -2.06. The van der Waals surface area contributed by atoms with Crippen LogP contribution in [0.5, 0.6) is 0 Å². The second-order valence-electron chi connectivity index (χ2n) is 3.54. The van der Waals surface area contributed by atoms with Gasteiger partial charge in [0.05, 0.1) is 18.1 Å². The van der Waals surface area contributed by atoms with Crippen LogP contribution >= 0.6 is 0 Å². The third-order valence-electron chi connectivity index (χ3n) is 2.22. The molecule has 0 saturated heterocycles. The fourth-order valence-electron chi connectivity index (χ4n) is 1.41. The maximum Gasteiger partial charge on any atom is 0.328 e. The van der Waals surface area contributed by atoms with Gasteiger partial charge in [0.15, 0.2) is 0 Å². The van der Waals surface area contributed by atoms with E-state index in [2.05, 4.69) is 10.3 Å². The monoisotopic (exact) mass is 266 g/mol. The van der Waals surface area contributed by atoms with E-state index >= 15 is 0 Å². The van der Waals surface area contributed by atoms with Gasteiger partial charge in [0.25, 0.3) is 0 Å². The van der Waals surface area contributed by atoms with Gasteiger partial charge in [-0.05, 0) is 12.5 Å². The van der Waals surface area contributed by atoms with Gasteiger partial charge >= 0.3 is 5.69 Å². The highest BCUT2D eigenvalue weighted by Gasteiger charge is 2.20. The van der Waals surface area contributed by atoms with Crippen molar-refractivity contribution in [1.29, 1.82) is 5.26 Å².